The number of benzene rings is 2. The van der Waals surface area contributed by atoms with E-state index in [4.69, 9.17) is 32.5 Å². The van der Waals surface area contributed by atoms with Crippen molar-refractivity contribution < 1.29 is 22.6 Å². The van der Waals surface area contributed by atoms with Gasteiger partial charge in [-0.3, -0.25) is 4.90 Å². The number of aromatic nitrogens is 3. The van der Waals surface area contributed by atoms with Crippen LogP contribution in [0.15, 0.2) is 43.1 Å². The van der Waals surface area contributed by atoms with Gasteiger partial charge in [0.2, 0.25) is 0 Å². The van der Waals surface area contributed by atoms with Crippen molar-refractivity contribution in [3.8, 4) is 29.0 Å². The lowest BCUT2D eigenvalue weighted by molar-refractivity contribution is 0.292. The highest BCUT2D eigenvalue weighted by Crippen LogP contribution is 2.50. The predicted molar refractivity (Wildman–Crippen MR) is 203 cm³/mol. The van der Waals surface area contributed by atoms with Crippen LogP contribution in [0.2, 0.25) is 5.02 Å². The summed E-state index contributed by atoms with van der Waals surface area (Å²) >= 11 is 7.76. The number of halogens is 4. The Morgan fingerprint density at radius 1 is 1.17 bits per heavy atom. The number of thiophene rings is 1. The van der Waals surface area contributed by atoms with Gasteiger partial charge in [0.05, 0.1) is 34.3 Å². The van der Waals surface area contributed by atoms with Crippen molar-refractivity contribution in [2.45, 2.75) is 50.9 Å². The summed E-state index contributed by atoms with van der Waals surface area (Å²) < 4.78 is 55.4. The molecule has 9 rings (SSSR count). The average Bonchev–Trinajstić information content (AvgIpc) is 3.72. The van der Waals surface area contributed by atoms with E-state index in [0.29, 0.717) is 37.3 Å². The number of hydrogen-bond donors (Lipinski definition) is 2. The summed E-state index contributed by atoms with van der Waals surface area (Å²) in [6, 6.07) is 8.67. The highest BCUT2D eigenvalue weighted by atomic mass is 35.5. The number of methoxy groups -OCH3 is 1. The second kappa shape index (κ2) is 15.3. The van der Waals surface area contributed by atoms with Crippen molar-refractivity contribution in [1.29, 1.82) is 5.26 Å². The quantitative estimate of drug-likeness (QED) is 0.169. The van der Waals surface area contributed by atoms with E-state index in [9.17, 15) is 14.0 Å². The smallest absolute Gasteiger partial charge is 0.318 e. The lowest BCUT2D eigenvalue weighted by Gasteiger charge is -2.23. The molecule has 4 N–H and O–H groups in total. The Labute approximate surface area is 313 Å². The number of hydrogen-bond acceptors (Lipinski definition) is 11. The van der Waals surface area contributed by atoms with E-state index in [1.54, 1.807) is 12.3 Å². The van der Waals surface area contributed by atoms with Gasteiger partial charge >= 0.3 is 6.01 Å². The number of ether oxygens (including phenoxy) is 2. The van der Waals surface area contributed by atoms with Crippen molar-refractivity contribution in [3.63, 3.8) is 0 Å². The number of anilines is 3. The fourth-order valence-electron chi connectivity index (χ4n) is 7.10. The number of nitrogens with zero attached hydrogens (tertiary/aromatic N) is 6. The SMILES string of the molecule is C=CC1CC1.COc1nc2c3c(c(Cl)c(-c4ccc(F)c5sc(N)c(C#N)c45)c(F)c3n1)OCCN2Cc1cccnc1N.FC1CC2CCCN2C1. The molecule has 5 aromatic rings. The van der Waals surface area contributed by atoms with Gasteiger partial charge in [-0.1, -0.05) is 29.8 Å². The Kier molecular flexibility index (Phi) is 10.5. The molecule has 6 heterocycles. The lowest BCUT2D eigenvalue weighted by Crippen LogP contribution is -2.28. The second-order valence-corrected chi connectivity index (χ2v) is 14.8. The first-order valence-corrected chi connectivity index (χ1v) is 18.6. The van der Waals surface area contributed by atoms with Crippen LogP contribution >= 0.6 is 22.9 Å². The molecule has 0 amide bonds. The third kappa shape index (κ3) is 7.13. The molecule has 2 unspecified atom stereocenters. The molecule has 1 aliphatic carbocycles. The summed E-state index contributed by atoms with van der Waals surface area (Å²) in [5.74, 6) is 0.338. The normalized spacial score (nSPS) is 19.0. The van der Waals surface area contributed by atoms with E-state index < -0.39 is 17.8 Å². The predicted octanol–water partition coefficient (Wildman–Crippen LogP) is 8.06. The van der Waals surface area contributed by atoms with Gasteiger partial charge < -0.3 is 25.8 Å². The summed E-state index contributed by atoms with van der Waals surface area (Å²) in [5.41, 5.74) is 12.8. The molecule has 4 aliphatic rings. The van der Waals surface area contributed by atoms with Gasteiger partial charge in [-0.25, -0.2) is 18.2 Å². The highest BCUT2D eigenvalue weighted by Gasteiger charge is 2.35. The second-order valence-electron chi connectivity index (χ2n) is 13.4. The van der Waals surface area contributed by atoms with Gasteiger partial charge in [0, 0.05) is 41.8 Å². The minimum atomic E-state index is -0.811. The maximum atomic E-state index is 16.5. The van der Waals surface area contributed by atoms with Gasteiger partial charge in [-0.15, -0.1) is 17.9 Å². The number of nitriles is 1. The van der Waals surface area contributed by atoms with Crippen LogP contribution in [0.1, 0.15) is 43.2 Å². The average molecular weight is 763 g/mol. The summed E-state index contributed by atoms with van der Waals surface area (Å²) in [7, 11) is 1.37. The standard InChI is InChI=1S/C26H18ClF2N7O2S.C7H12FN.C5H8/c1-37-26-34-20-17-21(38-8-7-36(25(17)35-26)10-11-3-2-6-33-23(11)31)18(27)16(19(20)29)12-4-5-14(28)22-15(12)13(9-30)24(32)39-22;8-6-4-7-2-1-3-9(7)5-6;1-2-5-3-4-5/h2-6H,7-8,10,32H2,1H3,(H2,31,33);6-7H,1-5H2;2,5H,1,3-4H2. The van der Waals surface area contributed by atoms with E-state index in [0.717, 1.165) is 35.8 Å². The van der Waals surface area contributed by atoms with Crippen LogP contribution in [0.5, 0.6) is 11.8 Å². The molecule has 15 heteroatoms. The van der Waals surface area contributed by atoms with Crippen molar-refractivity contribution in [1.82, 2.24) is 19.9 Å². The fraction of sp³-hybridized carbons (Fsp3) is 0.368. The first kappa shape index (κ1) is 36.5. The number of pyridine rings is 1. The number of nitrogen functional groups attached to an aromatic ring is 2. The van der Waals surface area contributed by atoms with E-state index in [-0.39, 0.29) is 66.1 Å². The number of alkyl halides is 1. The zero-order valence-electron chi connectivity index (χ0n) is 29.0. The first-order chi connectivity index (χ1) is 25.6. The van der Waals surface area contributed by atoms with Gasteiger partial charge in [0.1, 0.15) is 46.8 Å². The summed E-state index contributed by atoms with van der Waals surface area (Å²) in [4.78, 5) is 17.1. The number of fused-ring (bicyclic) bond motifs is 2. The molecule has 0 bridgehead atoms. The molecule has 0 radical (unpaired) electrons. The molecule has 1 saturated carbocycles. The molecular formula is C38H38ClF3N8O2S. The third-order valence-corrected chi connectivity index (χ3v) is 11.3. The fourth-order valence-corrected chi connectivity index (χ4v) is 8.39. The molecule has 10 nitrogen and oxygen atoms in total. The molecule has 53 heavy (non-hydrogen) atoms. The monoisotopic (exact) mass is 762 g/mol. The maximum Gasteiger partial charge on any atom is 0.318 e. The van der Waals surface area contributed by atoms with Crippen LogP contribution < -0.4 is 25.8 Å². The zero-order chi connectivity index (χ0) is 37.4. The topological polar surface area (TPSA) is 139 Å². The number of nitrogens with two attached hydrogens (primary N) is 2. The molecule has 3 fully saturated rings. The molecular weight excluding hydrogens is 725 g/mol. The molecule has 3 aromatic heterocycles. The van der Waals surface area contributed by atoms with Crippen molar-refractivity contribution in [2.75, 3.05) is 49.7 Å². The number of allylic oxidation sites excluding steroid dienone is 1. The highest BCUT2D eigenvalue weighted by molar-refractivity contribution is 7.23. The first-order valence-electron chi connectivity index (χ1n) is 17.4. The van der Waals surface area contributed by atoms with Gasteiger partial charge in [-0.05, 0) is 62.3 Å². The van der Waals surface area contributed by atoms with Crippen LogP contribution in [0, 0.1) is 28.9 Å². The molecule has 276 valence electrons. The Morgan fingerprint density at radius 3 is 2.66 bits per heavy atom. The van der Waals surface area contributed by atoms with E-state index >= 15 is 4.39 Å². The minimum Gasteiger partial charge on any atom is -0.489 e. The Bertz CT molecular complexity index is 2230. The van der Waals surface area contributed by atoms with Gasteiger partial charge in [0.25, 0.3) is 0 Å². The van der Waals surface area contributed by atoms with Crippen LogP contribution in [0.3, 0.4) is 0 Å². The number of rotatable bonds is 5. The molecule has 2 aromatic carbocycles. The van der Waals surface area contributed by atoms with Crippen LogP contribution in [-0.4, -0.2) is 65.4 Å². The van der Waals surface area contributed by atoms with Crippen molar-refractivity contribution in [2.24, 2.45) is 5.92 Å². The van der Waals surface area contributed by atoms with E-state index in [1.165, 1.54) is 44.9 Å². The van der Waals surface area contributed by atoms with E-state index in [2.05, 4.69) is 26.4 Å². The van der Waals surface area contributed by atoms with Gasteiger partial charge in [0.15, 0.2) is 11.6 Å². The zero-order valence-corrected chi connectivity index (χ0v) is 30.6. The lowest BCUT2D eigenvalue weighted by atomic mass is 9.96. The van der Waals surface area contributed by atoms with E-state index in [1.807, 2.05) is 23.1 Å². The Hall–Kier alpha value is -4.84. The minimum absolute atomic E-state index is 0.0352. The van der Waals surface area contributed by atoms with Crippen molar-refractivity contribution >= 4 is 60.6 Å². The largest absolute Gasteiger partial charge is 0.489 e. The summed E-state index contributed by atoms with van der Waals surface area (Å²) in [6.45, 7) is 6.31. The van der Waals surface area contributed by atoms with Crippen LogP contribution in [0.4, 0.5) is 29.8 Å². The maximum absolute atomic E-state index is 16.5. The molecule has 2 atom stereocenters. The van der Waals surface area contributed by atoms with Crippen LogP contribution in [-0.2, 0) is 6.54 Å². The van der Waals surface area contributed by atoms with Crippen molar-refractivity contribution in [3.05, 3.63) is 70.9 Å². The summed E-state index contributed by atoms with van der Waals surface area (Å²) in [5, 5.41) is 10.2. The molecule has 0 spiro atoms. The Morgan fingerprint density at radius 2 is 1.98 bits per heavy atom. The molecule has 3 aliphatic heterocycles. The Balaban J connectivity index is 0.000000256. The van der Waals surface area contributed by atoms with Gasteiger partial charge in [-0.2, -0.15) is 15.2 Å². The van der Waals surface area contributed by atoms with Crippen LogP contribution in [0.25, 0.3) is 32.1 Å². The third-order valence-electron chi connectivity index (χ3n) is 9.93. The summed E-state index contributed by atoms with van der Waals surface area (Å²) in [6.07, 6.45) is 9.22. The molecule has 2 saturated heterocycles.